The van der Waals surface area contributed by atoms with Gasteiger partial charge in [0.05, 0.1) is 11.4 Å². The number of anilines is 3. The van der Waals surface area contributed by atoms with Crippen LogP contribution >= 0.6 is 0 Å². The van der Waals surface area contributed by atoms with Crippen molar-refractivity contribution in [3.8, 4) is 11.5 Å². The summed E-state index contributed by atoms with van der Waals surface area (Å²) in [5.41, 5.74) is 4.36. The number of nitrogens with two attached hydrogens (primary N) is 1. The number of amides is 4. The van der Waals surface area contributed by atoms with Crippen molar-refractivity contribution in [2.75, 3.05) is 63.6 Å². The van der Waals surface area contributed by atoms with Crippen molar-refractivity contribution in [2.24, 2.45) is 11.1 Å². The lowest BCUT2D eigenvalue weighted by Crippen LogP contribution is -2.53. The maximum atomic E-state index is 14.9. The Kier molecular flexibility index (Phi) is 9.06. The number of pyridine rings is 1. The Morgan fingerprint density at radius 2 is 1.66 bits per heavy atom. The molecule has 0 spiro atoms. The van der Waals surface area contributed by atoms with Gasteiger partial charge in [-0.05, 0) is 69.4 Å². The molecule has 232 valence electrons. The van der Waals surface area contributed by atoms with Crippen LogP contribution < -0.4 is 20.7 Å². The van der Waals surface area contributed by atoms with Crippen LogP contribution in [0, 0.1) is 17.0 Å². The molecule has 1 saturated heterocycles. The number of nitrogens with zero attached hydrogens (tertiary/aromatic N) is 5. The summed E-state index contributed by atoms with van der Waals surface area (Å²) in [7, 11) is 4.04. The topological polar surface area (TPSA) is 124 Å². The van der Waals surface area contributed by atoms with Crippen LogP contribution in [-0.4, -0.2) is 90.9 Å². The van der Waals surface area contributed by atoms with E-state index in [4.69, 9.17) is 10.5 Å². The number of benzene rings is 2. The van der Waals surface area contributed by atoms with Gasteiger partial charge in [0.15, 0.2) is 0 Å². The van der Waals surface area contributed by atoms with E-state index in [1.807, 2.05) is 14.1 Å². The van der Waals surface area contributed by atoms with E-state index >= 15 is 0 Å². The minimum atomic E-state index is -1.29. The summed E-state index contributed by atoms with van der Waals surface area (Å²) >= 11 is 0. The highest BCUT2D eigenvalue weighted by Gasteiger charge is 2.55. The van der Waals surface area contributed by atoms with Gasteiger partial charge in [0, 0.05) is 57.6 Å². The molecule has 3 N–H and O–H groups in total. The minimum Gasteiger partial charge on any atom is -0.457 e. The molecule has 4 amide bonds. The smallest absolute Gasteiger partial charge is 0.330 e. The van der Waals surface area contributed by atoms with Crippen LogP contribution in [0.2, 0.25) is 0 Å². The number of aromatic nitrogens is 1. The fourth-order valence-corrected chi connectivity index (χ4v) is 4.91. The molecule has 1 aliphatic carbocycles. The zero-order valence-electron chi connectivity index (χ0n) is 24.6. The van der Waals surface area contributed by atoms with E-state index in [1.165, 1.54) is 53.6 Å². The van der Waals surface area contributed by atoms with Crippen LogP contribution in [0.4, 0.5) is 30.8 Å². The number of primary amides is 1. The molecule has 5 rings (SSSR count). The van der Waals surface area contributed by atoms with Gasteiger partial charge in [-0.15, -0.1) is 0 Å². The van der Waals surface area contributed by atoms with E-state index in [-0.39, 0.29) is 29.0 Å². The summed E-state index contributed by atoms with van der Waals surface area (Å²) < 4.78 is 34.6. The fourth-order valence-electron chi connectivity index (χ4n) is 4.91. The molecular weight excluding hydrogens is 572 g/mol. The van der Waals surface area contributed by atoms with Gasteiger partial charge in [0.2, 0.25) is 11.8 Å². The summed E-state index contributed by atoms with van der Waals surface area (Å²) in [5, 5.41) is 2.43. The van der Waals surface area contributed by atoms with E-state index in [2.05, 4.69) is 20.1 Å². The average Bonchev–Trinajstić information content (AvgIpc) is 3.82. The van der Waals surface area contributed by atoms with Crippen molar-refractivity contribution in [1.82, 2.24) is 19.7 Å². The average molecular weight is 608 g/mol. The Morgan fingerprint density at radius 1 is 0.977 bits per heavy atom. The predicted molar refractivity (Wildman–Crippen MR) is 161 cm³/mol. The number of carbonyl (C=O) groups is 3. The third-order valence-electron chi connectivity index (χ3n) is 7.81. The first kappa shape index (κ1) is 30.8. The van der Waals surface area contributed by atoms with Gasteiger partial charge in [-0.25, -0.2) is 23.5 Å². The number of rotatable bonds is 10. The van der Waals surface area contributed by atoms with Gasteiger partial charge in [-0.3, -0.25) is 14.5 Å². The summed E-state index contributed by atoms with van der Waals surface area (Å²) in [5.74, 6) is -1.95. The van der Waals surface area contributed by atoms with Crippen LogP contribution in [0.5, 0.6) is 11.5 Å². The molecule has 1 aliphatic heterocycles. The Morgan fingerprint density at radius 3 is 2.27 bits per heavy atom. The van der Waals surface area contributed by atoms with E-state index in [0.717, 1.165) is 32.2 Å². The van der Waals surface area contributed by atoms with Crippen LogP contribution in [0.15, 0.2) is 60.8 Å². The monoisotopic (exact) mass is 607 g/mol. The Bertz CT molecular complexity index is 1520. The highest BCUT2D eigenvalue weighted by molar-refractivity contribution is 6.12. The van der Waals surface area contributed by atoms with Crippen molar-refractivity contribution in [1.29, 1.82) is 0 Å². The second kappa shape index (κ2) is 12.9. The third-order valence-corrected chi connectivity index (χ3v) is 7.81. The Labute approximate surface area is 254 Å². The van der Waals surface area contributed by atoms with Crippen LogP contribution in [0.3, 0.4) is 0 Å². The minimum absolute atomic E-state index is 0.111. The zero-order valence-corrected chi connectivity index (χ0v) is 24.6. The lowest BCUT2D eigenvalue weighted by atomic mass is 10.1. The van der Waals surface area contributed by atoms with Gasteiger partial charge < -0.3 is 25.6 Å². The quantitative estimate of drug-likeness (QED) is 0.336. The Hall–Kier alpha value is -4.62. The zero-order chi connectivity index (χ0) is 31.4. The number of likely N-dealkylation sites (N-methyl/N-ethyl adjacent to an activating group) is 1. The molecule has 2 heterocycles. The number of urea groups is 1. The number of ether oxygens (including phenoxy) is 1. The molecule has 0 unspecified atom stereocenters. The normalized spacial score (nSPS) is 16.0. The number of nitrogens with one attached hydrogen (secondary N) is 1. The van der Waals surface area contributed by atoms with Crippen LogP contribution in [-0.2, 0) is 9.59 Å². The molecule has 1 saturated carbocycles. The number of carbonyl (C=O) groups excluding carboxylic acids is 3. The molecule has 11 nitrogen and oxygen atoms in total. The molecule has 2 aliphatic rings. The largest absolute Gasteiger partial charge is 0.457 e. The fraction of sp³-hybridized carbons (Fsp3) is 0.355. The van der Waals surface area contributed by atoms with Gasteiger partial charge >= 0.3 is 6.03 Å². The van der Waals surface area contributed by atoms with Crippen molar-refractivity contribution >= 4 is 35.0 Å². The summed E-state index contributed by atoms with van der Waals surface area (Å²) in [6, 6.07) is 12.2. The summed E-state index contributed by atoms with van der Waals surface area (Å²) in [6.07, 6.45) is 2.11. The first-order chi connectivity index (χ1) is 21.1. The number of hydrogen-bond donors (Lipinski definition) is 2. The molecule has 3 aromatic rings. The first-order valence-corrected chi connectivity index (χ1v) is 14.3. The van der Waals surface area contributed by atoms with Crippen LogP contribution in [0.1, 0.15) is 12.8 Å². The SMILES string of the molecule is CN(C)CCN1CCN(C(=O)N(c2ccc(F)cc2)c2cc(Oc3ccc(NC(=O)C4(C(N)=O)CC4)c(F)c3)ccn2)CC1. The van der Waals surface area contributed by atoms with Crippen molar-refractivity contribution < 1.29 is 27.9 Å². The maximum Gasteiger partial charge on any atom is 0.330 e. The number of halogens is 2. The second-order valence-corrected chi connectivity index (χ2v) is 11.2. The van der Waals surface area contributed by atoms with Gasteiger partial charge in [-0.1, -0.05) is 0 Å². The van der Waals surface area contributed by atoms with E-state index in [0.29, 0.717) is 31.6 Å². The number of piperazine rings is 1. The second-order valence-electron chi connectivity index (χ2n) is 11.2. The summed E-state index contributed by atoms with van der Waals surface area (Å²) in [4.78, 5) is 49.9. The maximum absolute atomic E-state index is 14.9. The molecule has 1 aromatic heterocycles. The molecule has 13 heteroatoms. The van der Waals surface area contributed by atoms with Gasteiger partial charge in [-0.2, -0.15) is 0 Å². The lowest BCUT2D eigenvalue weighted by molar-refractivity contribution is -0.132. The molecule has 44 heavy (non-hydrogen) atoms. The third kappa shape index (κ3) is 6.95. The van der Waals surface area contributed by atoms with Crippen molar-refractivity contribution in [3.63, 3.8) is 0 Å². The van der Waals surface area contributed by atoms with Crippen LogP contribution in [0.25, 0.3) is 0 Å². The van der Waals surface area contributed by atoms with Crippen molar-refractivity contribution in [3.05, 3.63) is 72.4 Å². The molecular formula is C31H35F2N7O4. The highest BCUT2D eigenvalue weighted by Crippen LogP contribution is 2.46. The van der Waals surface area contributed by atoms with E-state index < -0.39 is 28.9 Å². The molecule has 0 radical (unpaired) electrons. The lowest BCUT2D eigenvalue weighted by Gasteiger charge is -2.37. The molecule has 0 atom stereocenters. The molecule has 2 fully saturated rings. The number of hydrogen-bond acceptors (Lipinski definition) is 7. The highest BCUT2D eigenvalue weighted by atomic mass is 19.1. The van der Waals surface area contributed by atoms with Gasteiger partial charge in [0.25, 0.3) is 0 Å². The predicted octanol–water partition coefficient (Wildman–Crippen LogP) is 3.79. The molecule has 0 bridgehead atoms. The molecule has 2 aromatic carbocycles. The van der Waals surface area contributed by atoms with E-state index in [9.17, 15) is 23.2 Å². The summed E-state index contributed by atoms with van der Waals surface area (Å²) in [6.45, 7) is 4.30. The van der Waals surface area contributed by atoms with E-state index in [1.54, 1.807) is 11.0 Å². The van der Waals surface area contributed by atoms with Gasteiger partial charge in [0.1, 0.15) is 34.4 Å². The standard InChI is InChI=1S/C31H35F2N7O4/c1-37(2)13-14-38-15-17-39(18-16-38)30(43)40(22-5-3-21(32)4-6-22)27-20-24(9-12-35-27)44-23-7-8-26(25(33)19-23)36-29(42)31(10-11-31)28(34)41/h3-9,12,19-20H,10-11,13-18H2,1-2H3,(H2,34,41)(H,36,42). The first-order valence-electron chi connectivity index (χ1n) is 14.3. The Balaban J connectivity index is 1.32. The van der Waals surface area contributed by atoms with Crippen molar-refractivity contribution in [2.45, 2.75) is 12.8 Å².